The van der Waals surface area contributed by atoms with Crippen LogP contribution in [-0.4, -0.2) is 29.3 Å². The molecule has 4 aromatic rings. The Morgan fingerprint density at radius 3 is 2.59 bits per heavy atom. The van der Waals surface area contributed by atoms with Crippen molar-refractivity contribution in [3.8, 4) is 11.3 Å². The Bertz CT molecular complexity index is 1320. The van der Waals surface area contributed by atoms with Crippen LogP contribution in [0.1, 0.15) is 42.9 Å². The maximum absolute atomic E-state index is 6.48. The fraction of sp³-hybridized carbons (Fsp3) is 0.360. The van der Waals surface area contributed by atoms with Crippen molar-refractivity contribution < 1.29 is 9.26 Å². The summed E-state index contributed by atoms with van der Waals surface area (Å²) < 4.78 is 13.3. The molecule has 6 nitrogen and oxygen atoms in total. The van der Waals surface area contributed by atoms with Crippen LogP contribution in [0.15, 0.2) is 40.9 Å². The summed E-state index contributed by atoms with van der Waals surface area (Å²) in [6, 6.07) is 11.4. The lowest BCUT2D eigenvalue weighted by molar-refractivity contribution is 0.0246. The van der Waals surface area contributed by atoms with Gasteiger partial charge in [-0.25, -0.2) is 4.98 Å². The Labute approximate surface area is 211 Å². The smallest absolute Gasteiger partial charge is 0.186 e. The summed E-state index contributed by atoms with van der Waals surface area (Å²) in [5, 5.41) is 6.54. The number of halogens is 2. The second-order valence-electron chi connectivity index (χ2n) is 8.97. The standard InChI is InChI=1S/C25H24Cl2N4O2S/c26-18-2-1-3-19(27)22(18)23-17(24(33-30-23)14-4-5-14)13-32-16-8-10-31(11-9-16)25-29-20-7-6-15(28)12-21(20)34-25/h1-3,6-7,12,14,16H,4-5,8-11,13,28H2. The highest BCUT2D eigenvalue weighted by Crippen LogP contribution is 2.46. The molecular formula is C25H24Cl2N4O2S. The van der Waals surface area contributed by atoms with Crippen LogP contribution in [0.2, 0.25) is 10.0 Å². The lowest BCUT2D eigenvalue weighted by Crippen LogP contribution is -2.36. The van der Waals surface area contributed by atoms with Gasteiger partial charge in [0.25, 0.3) is 0 Å². The maximum atomic E-state index is 6.48. The zero-order valence-corrected chi connectivity index (χ0v) is 20.8. The van der Waals surface area contributed by atoms with E-state index in [1.807, 2.05) is 36.4 Å². The van der Waals surface area contributed by atoms with Crippen LogP contribution in [0.3, 0.4) is 0 Å². The fourth-order valence-electron chi connectivity index (χ4n) is 4.53. The van der Waals surface area contributed by atoms with Crippen molar-refractivity contribution in [2.45, 2.75) is 44.3 Å². The van der Waals surface area contributed by atoms with E-state index in [0.29, 0.717) is 33.8 Å². The molecule has 2 aliphatic rings. The number of benzene rings is 2. The molecule has 0 radical (unpaired) electrons. The van der Waals surface area contributed by atoms with Gasteiger partial charge in [0.15, 0.2) is 5.13 Å². The Hall–Kier alpha value is -2.32. The van der Waals surface area contributed by atoms with Crippen LogP contribution >= 0.6 is 34.5 Å². The Balaban J connectivity index is 1.15. The first-order chi connectivity index (χ1) is 16.6. The van der Waals surface area contributed by atoms with Crippen molar-refractivity contribution in [3.63, 3.8) is 0 Å². The Morgan fingerprint density at radius 2 is 1.85 bits per heavy atom. The lowest BCUT2D eigenvalue weighted by Gasteiger charge is -2.31. The van der Waals surface area contributed by atoms with E-state index in [2.05, 4.69) is 10.1 Å². The van der Waals surface area contributed by atoms with E-state index >= 15 is 0 Å². The molecule has 0 atom stereocenters. The molecule has 1 saturated heterocycles. The predicted octanol–water partition coefficient (Wildman–Crippen LogP) is 6.90. The highest BCUT2D eigenvalue weighted by Gasteiger charge is 2.34. The van der Waals surface area contributed by atoms with Gasteiger partial charge < -0.3 is 19.9 Å². The van der Waals surface area contributed by atoms with Crippen molar-refractivity contribution in [2.24, 2.45) is 0 Å². The minimum absolute atomic E-state index is 0.165. The number of nitrogen functional groups attached to an aromatic ring is 1. The van der Waals surface area contributed by atoms with Gasteiger partial charge in [-0.15, -0.1) is 0 Å². The molecule has 176 valence electrons. The number of fused-ring (bicyclic) bond motifs is 1. The summed E-state index contributed by atoms with van der Waals surface area (Å²) in [5.41, 5.74) is 10.1. The van der Waals surface area contributed by atoms with Crippen LogP contribution in [0.5, 0.6) is 0 Å². The van der Waals surface area contributed by atoms with Crippen LogP contribution in [-0.2, 0) is 11.3 Å². The van der Waals surface area contributed by atoms with E-state index in [9.17, 15) is 0 Å². The molecule has 34 heavy (non-hydrogen) atoms. The van der Waals surface area contributed by atoms with Gasteiger partial charge >= 0.3 is 0 Å². The molecule has 9 heteroatoms. The monoisotopic (exact) mass is 514 g/mol. The molecule has 1 aliphatic heterocycles. The fourth-order valence-corrected chi connectivity index (χ4v) is 6.17. The first-order valence-corrected chi connectivity index (χ1v) is 13.1. The van der Waals surface area contributed by atoms with Gasteiger partial charge in [-0.3, -0.25) is 0 Å². The Kier molecular flexibility index (Phi) is 5.89. The van der Waals surface area contributed by atoms with E-state index in [4.69, 9.17) is 43.2 Å². The third kappa shape index (κ3) is 4.26. The first-order valence-electron chi connectivity index (χ1n) is 11.5. The van der Waals surface area contributed by atoms with Gasteiger partial charge in [0.2, 0.25) is 0 Å². The SMILES string of the molecule is Nc1ccc2nc(N3CCC(OCc4c(-c5c(Cl)cccc5Cl)noc4C4CC4)CC3)sc2c1. The number of hydrogen-bond acceptors (Lipinski definition) is 7. The molecule has 1 saturated carbocycles. The summed E-state index contributed by atoms with van der Waals surface area (Å²) in [7, 11) is 0. The molecule has 2 N–H and O–H groups in total. The van der Waals surface area contributed by atoms with Crippen molar-refractivity contribution in [2.75, 3.05) is 23.7 Å². The number of nitrogens with two attached hydrogens (primary N) is 1. The Morgan fingerprint density at radius 1 is 1.09 bits per heavy atom. The summed E-state index contributed by atoms with van der Waals surface area (Å²) >= 11 is 14.6. The molecule has 1 aliphatic carbocycles. The molecule has 2 aromatic heterocycles. The van der Waals surface area contributed by atoms with Gasteiger partial charge in [0.05, 0.1) is 33.0 Å². The van der Waals surface area contributed by atoms with Crippen LogP contribution in [0.25, 0.3) is 21.5 Å². The molecule has 2 fully saturated rings. The third-order valence-electron chi connectivity index (χ3n) is 6.54. The number of rotatable bonds is 6. The highest BCUT2D eigenvalue weighted by molar-refractivity contribution is 7.22. The summed E-state index contributed by atoms with van der Waals surface area (Å²) in [5.74, 6) is 1.33. The van der Waals surface area contributed by atoms with Gasteiger partial charge in [0, 0.05) is 35.8 Å². The van der Waals surface area contributed by atoms with E-state index < -0.39 is 0 Å². The van der Waals surface area contributed by atoms with E-state index in [-0.39, 0.29) is 6.10 Å². The second-order valence-corrected chi connectivity index (χ2v) is 10.8. The minimum atomic E-state index is 0.165. The molecule has 3 heterocycles. The van der Waals surface area contributed by atoms with E-state index in [0.717, 1.165) is 71.1 Å². The molecule has 6 rings (SSSR count). The number of anilines is 2. The largest absolute Gasteiger partial charge is 0.399 e. The number of hydrogen-bond donors (Lipinski definition) is 1. The summed E-state index contributed by atoms with van der Waals surface area (Å²) in [4.78, 5) is 7.13. The van der Waals surface area contributed by atoms with Crippen molar-refractivity contribution in [1.29, 1.82) is 0 Å². The average molecular weight is 515 g/mol. The van der Waals surface area contributed by atoms with Crippen LogP contribution in [0.4, 0.5) is 10.8 Å². The molecule has 0 amide bonds. The topological polar surface area (TPSA) is 77.4 Å². The van der Waals surface area contributed by atoms with Crippen LogP contribution in [0, 0.1) is 0 Å². The van der Waals surface area contributed by atoms with Gasteiger partial charge in [-0.05, 0) is 56.0 Å². The second kappa shape index (κ2) is 9.04. The average Bonchev–Trinajstić information content (AvgIpc) is 3.46. The number of piperidine rings is 1. The van der Waals surface area contributed by atoms with Crippen molar-refractivity contribution in [1.82, 2.24) is 10.1 Å². The van der Waals surface area contributed by atoms with Gasteiger partial charge in [-0.2, -0.15) is 0 Å². The molecule has 0 bridgehead atoms. The number of ether oxygens (including phenoxy) is 1. The van der Waals surface area contributed by atoms with E-state index in [1.165, 1.54) is 0 Å². The summed E-state index contributed by atoms with van der Waals surface area (Å²) in [6.45, 7) is 2.25. The number of nitrogens with zero attached hydrogens (tertiary/aromatic N) is 3. The molecule has 2 aromatic carbocycles. The minimum Gasteiger partial charge on any atom is -0.399 e. The van der Waals surface area contributed by atoms with Gasteiger partial charge in [-0.1, -0.05) is 45.8 Å². The number of thiazole rings is 1. The number of aromatic nitrogens is 2. The van der Waals surface area contributed by atoms with Crippen LogP contribution < -0.4 is 10.6 Å². The van der Waals surface area contributed by atoms with E-state index in [1.54, 1.807) is 11.3 Å². The molecule has 0 spiro atoms. The molecular weight excluding hydrogens is 491 g/mol. The zero-order chi connectivity index (χ0) is 23.2. The third-order valence-corrected chi connectivity index (χ3v) is 8.25. The van der Waals surface area contributed by atoms with Crippen molar-refractivity contribution >= 4 is 55.6 Å². The quantitative estimate of drug-likeness (QED) is 0.282. The first kappa shape index (κ1) is 22.2. The maximum Gasteiger partial charge on any atom is 0.186 e. The van der Waals surface area contributed by atoms with Crippen molar-refractivity contribution in [3.05, 3.63) is 57.8 Å². The zero-order valence-electron chi connectivity index (χ0n) is 18.5. The summed E-state index contributed by atoms with van der Waals surface area (Å²) in [6.07, 6.45) is 4.26. The molecule has 0 unspecified atom stereocenters. The lowest BCUT2D eigenvalue weighted by atomic mass is 10.0. The van der Waals surface area contributed by atoms with Gasteiger partial charge in [0.1, 0.15) is 11.5 Å². The highest BCUT2D eigenvalue weighted by atomic mass is 35.5. The normalized spacial score (nSPS) is 17.1. The predicted molar refractivity (Wildman–Crippen MR) is 138 cm³/mol.